The Bertz CT molecular complexity index is 343. The number of carbonyl (C=O) groups is 3. The van der Waals surface area contributed by atoms with Crippen molar-refractivity contribution in [1.29, 1.82) is 0 Å². The molecule has 0 rings (SSSR count). The second kappa shape index (κ2) is 13.6. The van der Waals surface area contributed by atoms with Gasteiger partial charge in [-0.3, -0.25) is 14.4 Å². The molecule has 0 aliphatic heterocycles. The number of hydrogen-bond donors (Lipinski definition) is 0. The maximum absolute atomic E-state index is 11.1. The summed E-state index contributed by atoms with van der Waals surface area (Å²) in [5.41, 5.74) is 0. The fourth-order valence-corrected chi connectivity index (χ4v) is 2.97. The molecule has 0 heterocycles. The summed E-state index contributed by atoms with van der Waals surface area (Å²) in [4.78, 5) is 33.2. The summed E-state index contributed by atoms with van der Waals surface area (Å²) in [6, 6.07) is 0. The van der Waals surface area contributed by atoms with Crippen LogP contribution < -0.4 is 0 Å². The van der Waals surface area contributed by atoms with Crippen LogP contribution in [0.3, 0.4) is 0 Å². The van der Waals surface area contributed by atoms with Gasteiger partial charge in [0, 0.05) is 25.5 Å². The Morgan fingerprint density at radius 3 is 1.95 bits per heavy atom. The highest BCUT2D eigenvalue weighted by molar-refractivity contribution is 8.13. The van der Waals surface area contributed by atoms with Gasteiger partial charge in [-0.15, -0.1) is 0 Å². The minimum Gasteiger partial charge on any atom is -0.469 e. The monoisotopic (exact) mass is 332 g/mol. The zero-order valence-corrected chi connectivity index (χ0v) is 14.7. The first kappa shape index (κ1) is 21.0. The van der Waals surface area contributed by atoms with Crippen molar-refractivity contribution in [2.75, 3.05) is 20.0 Å². The number of carbonyl (C=O) groups excluding carboxylic acids is 3. The molecule has 1 atom stereocenters. The van der Waals surface area contributed by atoms with Crippen molar-refractivity contribution in [2.24, 2.45) is 5.92 Å². The number of unbranched alkanes of at least 4 members (excludes halogenated alkanes) is 2. The van der Waals surface area contributed by atoms with Crippen LogP contribution in [0.4, 0.5) is 0 Å². The molecular weight excluding hydrogens is 304 g/mol. The van der Waals surface area contributed by atoms with E-state index in [0.29, 0.717) is 18.8 Å². The third-order valence-electron chi connectivity index (χ3n) is 3.46. The smallest absolute Gasteiger partial charge is 0.305 e. The second-order valence-electron chi connectivity index (χ2n) is 5.31. The van der Waals surface area contributed by atoms with Crippen LogP contribution in [-0.2, 0) is 23.9 Å². The second-order valence-corrected chi connectivity index (χ2v) is 6.51. The molecule has 0 aliphatic carbocycles. The van der Waals surface area contributed by atoms with Gasteiger partial charge < -0.3 is 9.47 Å². The van der Waals surface area contributed by atoms with Gasteiger partial charge in [0.25, 0.3) is 0 Å². The Hall–Kier alpha value is -1.04. The molecule has 1 unspecified atom stereocenters. The number of esters is 2. The number of hydrogen-bond acceptors (Lipinski definition) is 6. The zero-order valence-electron chi connectivity index (χ0n) is 13.9. The highest BCUT2D eigenvalue weighted by atomic mass is 32.2. The van der Waals surface area contributed by atoms with E-state index in [4.69, 9.17) is 0 Å². The minimum atomic E-state index is -0.184. The Balaban J connectivity index is 3.93. The number of thioether (sulfide) groups is 1. The van der Waals surface area contributed by atoms with Gasteiger partial charge in [-0.1, -0.05) is 24.6 Å². The average Bonchev–Trinajstić information content (AvgIpc) is 2.50. The Kier molecular flexibility index (Phi) is 13.0. The van der Waals surface area contributed by atoms with Crippen molar-refractivity contribution in [2.45, 2.75) is 58.3 Å². The lowest BCUT2D eigenvalue weighted by Crippen LogP contribution is -2.08. The maximum atomic E-state index is 11.1. The van der Waals surface area contributed by atoms with E-state index in [1.54, 1.807) is 6.92 Å². The molecule has 0 amide bonds. The zero-order chi connectivity index (χ0) is 16.8. The van der Waals surface area contributed by atoms with Crippen molar-refractivity contribution in [3.05, 3.63) is 0 Å². The lowest BCUT2D eigenvalue weighted by Gasteiger charge is -2.15. The Labute approximate surface area is 137 Å². The third kappa shape index (κ3) is 12.7. The van der Waals surface area contributed by atoms with Crippen LogP contribution in [0.1, 0.15) is 58.3 Å². The molecule has 0 saturated heterocycles. The number of rotatable bonds is 12. The van der Waals surface area contributed by atoms with Gasteiger partial charge in [-0.2, -0.15) is 0 Å². The molecule has 0 saturated carbocycles. The van der Waals surface area contributed by atoms with E-state index in [9.17, 15) is 14.4 Å². The normalized spacial score (nSPS) is 11.8. The van der Waals surface area contributed by atoms with Gasteiger partial charge in [0.05, 0.1) is 14.2 Å². The summed E-state index contributed by atoms with van der Waals surface area (Å²) in [6.07, 6.45) is 6.46. The van der Waals surface area contributed by atoms with Crippen LogP contribution in [0, 0.1) is 5.92 Å². The molecule has 0 bridgehead atoms. The lowest BCUT2D eigenvalue weighted by molar-refractivity contribution is -0.141. The van der Waals surface area contributed by atoms with Gasteiger partial charge in [-0.25, -0.2) is 0 Å². The van der Waals surface area contributed by atoms with E-state index in [1.807, 2.05) is 0 Å². The van der Waals surface area contributed by atoms with Crippen LogP contribution >= 0.6 is 11.8 Å². The van der Waals surface area contributed by atoms with Crippen molar-refractivity contribution < 1.29 is 23.9 Å². The van der Waals surface area contributed by atoms with Crippen LogP contribution in [0.2, 0.25) is 0 Å². The molecule has 0 N–H and O–H groups in total. The van der Waals surface area contributed by atoms with E-state index in [0.717, 1.165) is 44.3 Å². The predicted molar refractivity (Wildman–Crippen MR) is 87.6 cm³/mol. The minimum absolute atomic E-state index is 0.128. The Morgan fingerprint density at radius 2 is 1.41 bits per heavy atom. The molecule has 5 nitrogen and oxygen atoms in total. The van der Waals surface area contributed by atoms with Crippen molar-refractivity contribution in [3.8, 4) is 0 Å². The first-order chi connectivity index (χ1) is 10.5. The Morgan fingerprint density at radius 1 is 0.864 bits per heavy atom. The molecule has 0 aromatic heterocycles. The average molecular weight is 332 g/mol. The largest absolute Gasteiger partial charge is 0.469 e. The summed E-state index contributed by atoms with van der Waals surface area (Å²) in [7, 11) is 2.80. The van der Waals surface area contributed by atoms with Crippen molar-refractivity contribution >= 4 is 28.8 Å². The molecule has 0 aromatic rings. The molecule has 0 fully saturated rings. The first-order valence-electron chi connectivity index (χ1n) is 7.76. The summed E-state index contributed by atoms with van der Waals surface area (Å²) in [5, 5.41) is 0.128. The number of ether oxygens (including phenoxy) is 2. The highest BCUT2D eigenvalue weighted by Gasteiger charge is 2.12. The third-order valence-corrected chi connectivity index (χ3v) is 4.51. The molecule has 0 radical (unpaired) electrons. The molecular formula is C16H28O5S. The fraction of sp³-hybridized carbons (Fsp3) is 0.812. The van der Waals surface area contributed by atoms with Gasteiger partial charge in [0.2, 0.25) is 0 Å². The lowest BCUT2D eigenvalue weighted by atomic mass is 9.97. The molecule has 6 heteroatoms. The van der Waals surface area contributed by atoms with E-state index in [1.165, 1.54) is 26.0 Å². The molecule has 0 aliphatic rings. The van der Waals surface area contributed by atoms with Crippen LogP contribution in [0.5, 0.6) is 0 Å². The van der Waals surface area contributed by atoms with Crippen molar-refractivity contribution in [3.63, 3.8) is 0 Å². The van der Waals surface area contributed by atoms with Gasteiger partial charge in [0.15, 0.2) is 5.12 Å². The molecule has 128 valence electrons. The quantitative estimate of drug-likeness (QED) is 0.403. The van der Waals surface area contributed by atoms with E-state index >= 15 is 0 Å². The first-order valence-corrected chi connectivity index (χ1v) is 8.75. The van der Waals surface area contributed by atoms with Gasteiger partial charge in [0.1, 0.15) is 0 Å². The SMILES string of the molecule is COC(=O)CCCCCC(CCCC(=O)OC)CSC(C)=O. The predicted octanol–water partition coefficient (Wildman–Crippen LogP) is 3.35. The standard InChI is InChI=1S/C16H28O5S/c1-13(17)22-12-14(9-7-11-16(19)21-3)8-5-4-6-10-15(18)20-2/h14H,4-12H2,1-3H3. The van der Waals surface area contributed by atoms with Crippen LogP contribution in [-0.4, -0.2) is 37.0 Å². The van der Waals surface area contributed by atoms with Crippen molar-refractivity contribution in [1.82, 2.24) is 0 Å². The summed E-state index contributed by atoms with van der Waals surface area (Å²) < 4.78 is 9.24. The van der Waals surface area contributed by atoms with Crippen LogP contribution in [0.25, 0.3) is 0 Å². The van der Waals surface area contributed by atoms with E-state index in [2.05, 4.69) is 9.47 Å². The van der Waals surface area contributed by atoms with Gasteiger partial charge in [-0.05, 0) is 31.6 Å². The summed E-state index contributed by atoms with van der Waals surface area (Å²) in [5.74, 6) is 0.877. The molecule has 0 aromatic carbocycles. The summed E-state index contributed by atoms with van der Waals surface area (Å²) in [6.45, 7) is 1.58. The van der Waals surface area contributed by atoms with E-state index < -0.39 is 0 Å². The van der Waals surface area contributed by atoms with E-state index in [-0.39, 0.29) is 17.1 Å². The van der Waals surface area contributed by atoms with Gasteiger partial charge >= 0.3 is 11.9 Å². The topological polar surface area (TPSA) is 69.7 Å². The fourth-order valence-electron chi connectivity index (χ4n) is 2.16. The molecule has 0 spiro atoms. The number of methoxy groups -OCH3 is 2. The maximum Gasteiger partial charge on any atom is 0.305 e. The highest BCUT2D eigenvalue weighted by Crippen LogP contribution is 2.22. The summed E-state index contributed by atoms with van der Waals surface area (Å²) >= 11 is 1.35. The molecule has 22 heavy (non-hydrogen) atoms. The van der Waals surface area contributed by atoms with Crippen LogP contribution in [0.15, 0.2) is 0 Å².